The molecule has 3 aromatic rings. The number of rotatable bonds is 5. The van der Waals surface area contributed by atoms with Crippen molar-refractivity contribution in [3.8, 4) is 5.69 Å². The first-order chi connectivity index (χ1) is 12.7. The minimum Gasteiger partial charge on any atom is -0.390 e. The average Bonchev–Trinajstić information content (AvgIpc) is 3.43. The Morgan fingerprint density at radius 2 is 2.08 bits per heavy atom. The predicted octanol–water partition coefficient (Wildman–Crippen LogP) is 1.87. The van der Waals surface area contributed by atoms with E-state index < -0.39 is 0 Å². The second-order valence-corrected chi connectivity index (χ2v) is 6.53. The summed E-state index contributed by atoms with van der Waals surface area (Å²) in [6.07, 6.45) is 7.58. The molecule has 0 aliphatic carbocycles. The molecule has 1 atom stereocenters. The summed E-state index contributed by atoms with van der Waals surface area (Å²) < 4.78 is 3.70. The zero-order valence-corrected chi connectivity index (χ0v) is 14.4. The van der Waals surface area contributed by atoms with Crippen LogP contribution in [0.15, 0.2) is 55.0 Å². The van der Waals surface area contributed by atoms with Crippen molar-refractivity contribution >= 4 is 5.91 Å². The van der Waals surface area contributed by atoms with Crippen LogP contribution in [0.1, 0.15) is 28.9 Å². The Hall–Kier alpha value is -2.93. The van der Waals surface area contributed by atoms with Gasteiger partial charge in [0.05, 0.1) is 25.4 Å². The second kappa shape index (κ2) is 7.13. The molecule has 1 aliphatic rings. The molecule has 1 N–H and O–H groups in total. The minimum absolute atomic E-state index is 0.0454. The molecule has 0 unspecified atom stereocenters. The van der Waals surface area contributed by atoms with Crippen LogP contribution in [0, 0.1) is 0 Å². The van der Waals surface area contributed by atoms with E-state index in [1.165, 1.54) is 0 Å². The lowest BCUT2D eigenvalue weighted by Crippen LogP contribution is -2.38. The van der Waals surface area contributed by atoms with E-state index in [0.717, 1.165) is 25.1 Å². The highest BCUT2D eigenvalue weighted by atomic mass is 16.3. The zero-order valence-electron chi connectivity index (χ0n) is 14.4. The molecular weight excluding hydrogens is 330 g/mol. The lowest BCUT2D eigenvalue weighted by molar-refractivity contribution is 0.0721. The van der Waals surface area contributed by atoms with Gasteiger partial charge in [-0.25, -0.2) is 0 Å². The highest BCUT2D eigenvalue weighted by Gasteiger charge is 2.30. The van der Waals surface area contributed by atoms with Crippen molar-refractivity contribution in [2.45, 2.75) is 32.0 Å². The number of hydrogen-bond donors (Lipinski definition) is 1. The average molecular weight is 351 g/mol. The Bertz CT molecular complexity index is 887. The molecular formula is C19H21N5O2. The van der Waals surface area contributed by atoms with Gasteiger partial charge in [-0.15, -0.1) is 5.10 Å². The summed E-state index contributed by atoms with van der Waals surface area (Å²) in [6, 6.07) is 11.7. The maximum Gasteiger partial charge on any atom is 0.254 e. The molecule has 0 saturated carbocycles. The van der Waals surface area contributed by atoms with E-state index in [2.05, 4.69) is 10.3 Å². The second-order valence-electron chi connectivity index (χ2n) is 6.53. The normalized spacial score (nSPS) is 17.0. The summed E-state index contributed by atoms with van der Waals surface area (Å²) in [7, 11) is 0. The lowest BCUT2D eigenvalue weighted by atomic mass is 10.1. The van der Waals surface area contributed by atoms with E-state index in [-0.39, 0.29) is 18.6 Å². The number of benzene rings is 1. The molecule has 0 radical (unpaired) electrons. The molecule has 7 heteroatoms. The van der Waals surface area contributed by atoms with Crippen molar-refractivity contribution in [3.63, 3.8) is 0 Å². The Morgan fingerprint density at radius 1 is 1.23 bits per heavy atom. The molecule has 1 fully saturated rings. The largest absolute Gasteiger partial charge is 0.390 e. The van der Waals surface area contributed by atoms with E-state index in [0.29, 0.717) is 17.8 Å². The van der Waals surface area contributed by atoms with E-state index in [1.807, 2.05) is 58.3 Å². The molecule has 1 aliphatic heterocycles. The van der Waals surface area contributed by atoms with Crippen molar-refractivity contribution in [1.29, 1.82) is 0 Å². The van der Waals surface area contributed by atoms with Crippen LogP contribution in [0.5, 0.6) is 0 Å². The van der Waals surface area contributed by atoms with Gasteiger partial charge < -0.3 is 14.6 Å². The standard InChI is InChI=1S/C19H21N5O2/c25-14-16-12-23(21-20-16)13-18-7-4-10-24(18)19(26)15-5-3-6-17(11-15)22-8-1-2-9-22/h1-3,5-6,8-9,11-12,18,25H,4,7,10,13-14H2/t18-/m0/s1. The molecule has 1 aromatic carbocycles. The van der Waals surface area contributed by atoms with Crippen LogP contribution in [0.25, 0.3) is 5.69 Å². The van der Waals surface area contributed by atoms with Crippen LogP contribution in [0.3, 0.4) is 0 Å². The van der Waals surface area contributed by atoms with Gasteiger partial charge in [-0.2, -0.15) is 0 Å². The molecule has 1 saturated heterocycles. The number of carbonyl (C=O) groups excluding carboxylic acids is 1. The van der Waals surface area contributed by atoms with Gasteiger partial charge in [0.25, 0.3) is 5.91 Å². The van der Waals surface area contributed by atoms with Crippen LogP contribution >= 0.6 is 0 Å². The van der Waals surface area contributed by atoms with Crippen LogP contribution in [0.2, 0.25) is 0 Å². The third-order valence-corrected chi connectivity index (χ3v) is 4.78. The fraction of sp³-hybridized carbons (Fsp3) is 0.316. The number of aromatic nitrogens is 4. The van der Waals surface area contributed by atoms with Gasteiger partial charge in [-0.3, -0.25) is 9.48 Å². The third-order valence-electron chi connectivity index (χ3n) is 4.78. The van der Waals surface area contributed by atoms with Crippen molar-refractivity contribution in [2.24, 2.45) is 0 Å². The molecule has 2 aromatic heterocycles. The van der Waals surface area contributed by atoms with Crippen molar-refractivity contribution in [1.82, 2.24) is 24.5 Å². The highest BCUT2D eigenvalue weighted by Crippen LogP contribution is 2.22. The van der Waals surface area contributed by atoms with Gasteiger partial charge in [0.15, 0.2) is 0 Å². The first-order valence-electron chi connectivity index (χ1n) is 8.79. The maximum atomic E-state index is 13.1. The van der Waals surface area contributed by atoms with Gasteiger partial charge in [0.1, 0.15) is 5.69 Å². The zero-order chi connectivity index (χ0) is 17.9. The smallest absolute Gasteiger partial charge is 0.254 e. The van der Waals surface area contributed by atoms with Crippen LogP contribution in [-0.2, 0) is 13.2 Å². The Kier molecular flexibility index (Phi) is 4.53. The molecule has 4 rings (SSSR count). The first kappa shape index (κ1) is 16.5. The Labute approximate surface area is 151 Å². The van der Waals surface area contributed by atoms with E-state index >= 15 is 0 Å². The first-order valence-corrected chi connectivity index (χ1v) is 8.79. The predicted molar refractivity (Wildman–Crippen MR) is 95.8 cm³/mol. The van der Waals surface area contributed by atoms with Crippen molar-refractivity contribution in [3.05, 3.63) is 66.2 Å². The number of aliphatic hydroxyl groups is 1. The van der Waals surface area contributed by atoms with Gasteiger partial charge in [0, 0.05) is 30.2 Å². The van der Waals surface area contributed by atoms with Crippen LogP contribution < -0.4 is 0 Å². The molecule has 1 amide bonds. The summed E-state index contributed by atoms with van der Waals surface area (Å²) >= 11 is 0. The molecule has 3 heterocycles. The number of nitrogens with zero attached hydrogens (tertiary/aromatic N) is 5. The number of aliphatic hydroxyl groups excluding tert-OH is 1. The third kappa shape index (κ3) is 3.25. The van der Waals surface area contributed by atoms with Gasteiger partial charge in [-0.05, 0) is 43.2 Å². The summed E-state index contributed by atoms with van der Waals surface area (Å²) in [5.74, 6) is 0.0454. The van der Waals surface area contributed by atoms with E-state index in [4.69, 9.17) is 5.11 Å². The fourth-order valence-corrected chi connectivity index (χ4v) is 3.48. The monoisotopic (exact) mass is 351 g/mol. The fourth-order valence-electron chi connectivity index (χ4n) is 3.48. The number of amides is 1. The Morgan fingerprint density at radius 3 is 2.85 bits per heavy atom. The number of hydrogen-bond acceptors (Lipinski definition) is 4. The number of carbonyl (C=O) groups is 1. The highest BCUT2D eigenvalue weighted by molar-refractivity contribution is 5.95. The molecule has 26 heavy (non-hydrogen) atoms. The topological polar surface area (TPSA) is 76.2 Å². The maximum absolute atomic E-state index is 13.1. The van der Waals surface area contributed by atoms with Gasteiger partial charge in [-0.1, -0.05) is 11.3 Å². The summed E-state index contributed by atoms with van der Waals surface area (Å²) in [4.78, 5) is 15.0. The molecule has 134 valence electrons. The van der Waals surface area contributed by atoms with Gasteiger partial charge >= 0.3 is 0 Å². The summed E-state index contributed by atoms with van der Waals surface area (Å²) in [6.45, 7) is 1.22. The Balaban J connectivity index is 1.52. The van der Waals surface area contributed by atoms with Gasteiger partial charge in [0.2, 0.25) is 0 Å². The number of likely N-dealkylation sites (tertiary alicyclic amines) is 1. The van der Waals surface area contributed by atoms with Crippen molar-refractivity contribution in [2.75, 3.05) is 6.54 Å². The molecule has 0 bridgehead atoms. The minimum atomic E-state index is -0.125. The lowest BCUT2D eigenvalue weighted by Gasteiger charge is -2.25. The van der Waals surface area contributed by atoms with Crippen LogP contribution in [-0.4, -0.2) is 48.1 Å². The summed E-state index contributed by atoms with van der Waals surface area (Å²) in [5, 5.41) is 17.1. The summed E-state index contributed by atoms with van der Waals surface area (Å²) in [5.41, 5.74) is 2.21. The molecule has 0 spiro atoms. The van der Waals surface area contributed by atoms with E-state index in [9.17, 15) is 4.79 Å². The van der Waals surface area contributed by atoms with E-state index in [1.54, 1.807) is 10.9 Å². The SMILES string of the molecule is O=C(c1cccc(-n2cccc2)c1)N1CCC[C@H]1Cn1cc(CO)nn1. The van der Waals surface area contributed by atoms with Crippen LogP contribution in [0.4, 0.5) is 0 Å². The van der Waals surface area contributed by atoms with Crippen molar-refractivity contribution < 1.29 is 9.90 Å². The quantitative estimate of drug-likeness (QED) is 0.761. The molecule has 7 nitrogen and oxygen atoms in total.